The molecule has 3 nitrogen and oxygen atoms in total. The van der Waals surface area contributed by atoms with Crippen LogP contribution in [0.4, 0.5) is 0 Å². The number of morpholine rings is 1. The third kappa shape index (κ3) is 2.15. The fraction of sp³-hybridized carbons (Fsp3) is 1.00. The first-order valence-corrected chi connectivity index (χ1v) is 4.29. The molecule has 66 valence electrons. The van der Waals surface area contributed by atoms with E-state index in [4.69, 9.17) is 10.5 Å². The predicted octanol–water partition coefficient (Wildman–Crippen LogP) is 0.0543. The molecule has 0 aromatic rings. The molecule has 1 aliphatic heterocycles. The minimum absolute atomic E-state index is 0.434. The predicted molar refractivity (Wildman–Crippen MR) is 45.5 cm³/mol. The Labute approximate surface area is 68.5 Å². The molecule has 0 bridgehead atoms. The van der Waals surface area contributed by atoms with Crippen LogP contribution in [0.5, 0.6) is 0 Å². The Morgan fingerprint density at radius 1 is 1.64 bits per heavy atom. The van der Waals surface area contributed by atoms with Gasteiger partial charge < -0.3 is 10.5 Å². The first-order chi connectivity index (χ1) is 5.25. The van der Waals surface area contributed by atoms with E-state index >= 15 is 0 Å². The Morgan fingerprint density at radius 2 is 2.36 bits per heavy atom. The summed E-state index contributed by atoms with van der Waals surface area (Å²) in [6.07, 6.45) is 0. The van der Waals surface area contributed by atoms with Gasteiger partial charge >= 0.3 is 0 Å². The third-order valence-electron chi connectivity index (χ3n) is 2.21. The molecule has 2 N–H and O–H groups in total. The zero-order valence-electron chi connectivity index (χ0n) is 7.42. The lowest BCUT2D eigenvalue weighted by atomic mass is 10.2. The molecule has 1 rings (SSSR count). The fourth-order valence-corrected chi connectivity index (χ4v) is 1.55. The van der Waals surface area contributed by atoms with Crippen molar-refractivity contribution in [2.75, 3.05) is 26.3 Å². The summed E-state index contributed by atoms with van der Waals surface area (Å²) in [5.41, 5.74) is 5.61. The van der Waals surface area contributed by atoms with Crippen molar-refractivity contribution in [1.82, 2.24) is 4.90 Å². The Morgan fingerprint density at radius 3 is 2.82 bits per heavy atom. The van der Waals surface area contributed by atoms with Crippen LogP contribution >= 0.6 is 0 Å². The Bertz CT molecular complexity index is 117. The van der Waals surface area contributed by atoms with Crippen LogP contribution in [0.15, 0.2) is 0 Å². The van der Waals surface area contributed by atoms with Crippen LogP contribution in [0.2, 0.25) is 0 Å². The summed E-state index contributed by atoms with van der Waals surface area (Å²) in [5, 5.41) is 0. The van der Waals surface area contributed by atoms with Crippen molar-refractivity contribution in [1.29, 1.82) is 0 Å². The molecular weight excluding hydrogens is 140 g/mol. The van der Waals surface area contributed by atoms with E-state index in [-0.39, 0.29) is 0 Å². The third-order valence-corrected chi connectivity index (χ3v) is 2.21. The summed E-state index contributed by atoms with van der Waals surface area (Å²) in [4.78, 5) is 2.41. The smallest absolute Gasteiger partial charge is 0.0634 e. The van der Waals surface area contributed by atoms with Crippen LogP contribution in [-0.2, 0) is 4.74 Å². The molecule has 0 aromatic carbocycles. The normalized spacial score (nSPS) is 27.8. The van der Waals surface area contributed by atoms with E-state index in [2.05, 4.69) is 18.7 Å². The van der Waals surface area contributed by atoms with Crippen LogP contribution in [0.1, 0.15) is 13.8 Å². The lowest BCUT2D eigenvalue weighted by molar-refractivity contribution is -0.0184. The van der Waals surface area contributed by atoms with Gasteiger partial charge in [-0.15, -0.1) is 0 Å². The summed E-state index contributed by atoms with van der Waals surface area (Å²) >= 11 is 0. The molecule has 1 aliphatic rings. The minimum atomic E-state index is 0.434. The average molecular weight is 158 g/mol. The molecule has 0 aliphatic carbocycles. The van der Waals surface area contributed by atoms with Crippen molar-refractivity contribution in [2.24, 2.45) is 5.73 Å². The highest BCUT2D eigenvalue weighted by Gasteiger charge is 2.23. The molecule has 1 atom stereocenters. The highest BCUT2D eigenvalue weighted by atomic mass is 16.5. The maximum Gasteiger partial charge on any atom is 0.0634 e. The first kappa shape index (κ1) is 8.97. The van der Waals surface area contributed by atoms with Crippen LogP contribution < -0.4 is 5.73 Å². The highest BCUT2D eigenvalue weighted by Crippen LogP contribution is 2.09. The van der Waals surface area contributed by atoms with E-state index in [1.807, 2.05) is 0 Å². The second-order valence-corrected chi connectivity index (χ2v) is 3.30. The van der Waals surface area contributed by atoms with Crippen LogP contribution in [-0.4, -0.2) is 43.3 Å². The molecular formula is C8H18N2O. The van der Waals surface area contributed by atoms with Gasteiger partial charge in [0, 0.05) is 25.2 Å². The molecule has 1 fully saturated rings. The molecule has 0 amide bonds. The van der Waals surface area contributed by atoms with Crippen molar-refractivity contribution < 1.29 is 4.74 Å². The molecule has 1 saturated heterocycles. The zero-order valence-corrected chi connectivity index (χ0v) is 7.42. The number of hydrogen-bond donors (Lipinski definition) is 1. The minimum Gasteiger partial charge on any atom is -0.378 e. The second-order valence-electron chi connectivity index (χ2n) is 3.30. The second kappa shape index (κ2) is 4.04. The molecule has 11 heavy (non-hydrogen) atoms. The van der Waals surface area contributed by atoms with Crippen molar-refractivity contribution in [3.05, 3.63) is 0 Å². The van der Waals surface area contributed by atoms with Gasteiger partial charge in [-0.3, -0.25) is 4.90 Å². The molecule has 3 heteroatoms. The lowest BCUT2D eigenvalue weighted by Crippen LogP contribution is -2.52. The van der Waals surface area contributed by atoms with Crippen LogP contribution in [0.3, 0.4) is 0 Å². The number of hydrogen-bond acceptors (Lipinski definition) is 3. The molecule has 1 heterocycles. The highest BCUT2D eigenvalue weighted by molar-refractivity contribution is 4.78. The van der Waals surface area contributed by atoms with Gasteiger partial charge in [0.15, 0.2) is 0 Å². The summed E-state index contributed by atoms with van der Waals surface area (Å²) in [5.74, 6) is 0. The van der Waals surface area contributed by atoms with E-state index in [9.17, 15) is 0 Å². The molecule has 0 aromatic heterocycles. The number of ether oxygens (including phenoxy) is 1. The molecule has 0 spiro atoms. The van der Waals surface area contributed by atoms with Crippen molar-refractivity contribution in [3.8, 4) is 0 Å². The maximum atomic E-state index is 5.61. The Hall–Kier alpha value is -0.120. The summed E-state index contributed by atoms with van der Waals surface area (Å²) in [7, 11) is 0. The van der Waals surface area contributed by atoms with E-state index in [0.29, 0.717) is 18.6 Å². The standard InChI is InChI=1S/C8H18N2O/c1-7(2)10-3-4-11-6-8(10)5-9/h7-8H,3-6,9H2,1-2H3/t8-/m1/s1. The Kier molecular flexibility index (Phi) is 3.30. The van der Waals surface area contributed by atoms with E-state index in [0.717, 1.165) is 19.8 Å². The van der Waals surface area contributed by atoms with Crippen molar-refractivity contribution in [3.63, 3.8) is 0 Å². The zero-order chi connectivity index (χ0) is 8.27. The molecule has 0 radical (unpaired) electrons. The number of nitrogens with zero attached hydrogens (tertiary/aromatic N) is 1. The monoisotopic (exact) mass is 158 g/mol. The SMILES string of the molecule is CC(C)N1CCOC[C@H]1CN. The Balaban J connectivity index is 2.44. The first-order valence-electron chi connectivity index (χ1n) is 4.29. The average Bonchev–Trinajstić information content (AvgIpc) is 2.04. The van der Waals surface area contributed by atoms with Crippen molar-refractivity contribution in [2.45, 2.75) is 25.9 Å². The van der Waals surface area contributed by atoms with Crippen LogP contribution in [0, 0.1) is 0 Å². The van der Waals surface area contributed by atoms with Gasteiger partial charge in [0.25, 0.3) is 0 Å². The number of nitrogens with two attached hydrogens (primary N) is 1. The summed E-state index contributed by atoms with van der Waals surface area (Å²) in [6.45, 7) is 7.79. The molecule has 0 unspecified atom stereocenters. The summed E-state index contributed by atoms with van der Waals surface area (Å²) in [6, 6.07) is 1.02. The largest absolute Gasteiger partial charge is 0.378 e. The fourth-order valence-electron chi connectivity index (χ4n) is 1.55. The van der Waals surface area contributed by atoms with Gasteiger partial charge in [0.1, 0.15) is 0 Å². The maximum absolute atomic E-state index is 5.61. The van der Waals surface area contributed by atoms with Gasteiger partial charge in [-0.2, -0.15) is 0 Å². The van der Waals surface area contributed by atoms with E-state index < -0.39 is 0 Å². The van der Waals surface area contributed by atoms with Gasteiger partial charge in [-0.05, 0) is 13.8 Å². The van der Waals surface area contributed by atoms with Gasteiger partial charge in [0.2, 0.25) is 0 Å². The van der Waals surface area contributed by atoms with Gasteiger partial charge in [0.05, 0.1) is 13.2 Å². The van der Waals surface area contributed by atoms with Gasteiger partial charge in [-0.25, -0.2) is 0 Å². The lowest BCUT2D eigenvalue weighted by Gasteiger charge is -2.37. The van der Waals surface area contributed by atoms with Crippen LogP contribution in [0.25, 0.3) is 0 Å². The summed E-state index contributed by atoms with van der Waals surface area (Å²) < 4.78 is 5.33. The molecule has 0 saturated carbocycles. The topological polar surface area (TPSA) is 38.5 Å². The quantitative estimate of drug-likeness (QED) is 0.617. The van der Waals surface area contributed by atoms with E-state index in [1.165, 1.54) is 0 Å². The van der Waals surface area contributed by atoms with E-state index in [1.54, 1.807) is 0 Å². The van der Waals surface area contributed by atoms with Gasteiger partial charge in [-0.1, -0.05) is 0 Å². The van der Waals surface area contributed by atoms with Crippen molar-refractivity contribution >= 4 is 0 Å². The number of rotatable bonds is 2.